The number of halogens is 1. The summed E-state index contributed by atoms with van der Waals surface area (Å²) < 4.78 is 17.0. The molecule has 1 aliphatic heterocycles. The van der Waals surface area contributed by atoms with Gasteiger partial charge in [0.05, 0.1) is 30.6 Å². The highest BCUT2D eigenvalue weighted by Crippen LogP contribution is 2.27. The Hall–Kier alpha value is -2.61. The Kier molecular flexibility index (Phi) is 9.81. The number of hydrazone groups is 1. The monoisotopic (exact) mass is 460 g/mol. The fourth-order valence-electron chi connectivity index (χ4n) is 3.12. The number of carbonyl (C=O) groups is 1. The van der Waals surface area contributed by atoms with Gasteiger partial charge in [-0.15, -0.1) is 0 Å². The zero-order chi connectivity index (χ0) is 22.6. The van der Waals surface area contributed by atoms with Gasteiger partial charge in [0.2, 0.25) is 5.91 Å². The number of carbonyl (C=O) groups excluding carboxylic acids is 1. The number of nitrogens with zero attached hydrogens (tertiary/aromatic N) is 1. The summed E-state index contributed by atoms with van der Waals surface area (Å²) in [6.45, 7) is 2.41. The largest absolute Gasteiger partial charge is 0.494 e. The summed E-state index contributed by atoms with van der Waals surface area (Å²) >= 11 is 6.34. The van der Waals surface area contributed by atoms with E-state index in [1.54, 1.807) is 0 Å². The van der Waals surface area contributed by atoms with Gasteiger partial charge in [-0.3, -0.25) is 4.79 Å². The number of aliphatic hydroxyl groups excluding tert-OH is 1. The quantitative estimate of drug-likeness (QED) is 0.444. The lowest BCUT2D eigenvalue weighted by Gasteiger charge is -2.14. The van der Waals surface area contributed by atoms with Crippen molar-refractivity contribution < 1.29 is 24.1 Å². The molecule has 0 saturated heterocycles. The van der Waals surface area contributed by atoms with Gasteiger partial charge < -0.3 is 19.3 Å². The molecule has 2 N–H and O–H groups in total. The molecule has 0 aliphatic carbocycles. The van der Waals surface area contributed by atoms with Crippen molar-refractivity contribution in [3.8, 4) is 11.5 Å². The van der Waals surface area contributed by atoms with Crippen molar-refractivity contribution in [2.75, 3.05) is 33.0 Å². The van der Waals surface area contributed by atoms with Crippen molar-refractivity contribution in [3.63, 3.8) is 0 Å². The molecule has 0 spiro atoms. The molecule has 0 fully saturated rings. The molecular weight excluding hydrogens is 432 g/mol. The number of aliphatic hydroxyl groups is 1. The molecule has 2 aromatic carbocycles. The van der Waals surface area contributed by atoms with Gasteiger partial charge in [-0.25, -0.2) is 5.43 Å². The molecule has 1 aliphatic rings. The van der Waals surface area contributed by atoms with E-state index in [1.165, 1.54) is 5.56 Å². The molecule has 0 radical (unpaired) electrons. The summed E-state index contributed by atoms with van der Waals surface area (Å²) in [5.41, 5.74) is 5.38. The Labute approximate surface area is 193 Å². The van der Waals surface area contributed by atoms with Crippen LogP contribution in [0.2, 0.25) is 5.02 Å². The van der Waals surface area contributed by atoms with Crippen LogP contribution >= 0.6 is 11.6 Å². The second-order valence-electron chi connectivity index (χ2n) is 7.37. The molecule has 0 aromatic heterocycles. The maximum absolute atomic E-state index is 11.2. The number of hydrogen-bond donors (Lipinski definition) is 2. The second-order valence-corrected chi connectivity index (χ2v) is 7.78. The molecule has 172 valence electrons. The molecule has 7 nitrogen and oxygen atoms in total. The lowest BCUT2D eigenvalue weighted by Crippen LogP contribution is -2.25. The van der Waals surface area contributed by atoms with Gasteiger partial charge in [-0.05, 0) is 47.9 Å². The first kappa shape index (κ1) is 24.0. The van der Waals surface area contributed by atoms with Gasteiger partial charge in [-0.2, -0.15) is 5.10 Å². The summed E-state index contributed by atoms with van der Waals surface area (Å²) in [7, 11) is 0. The standard InChI is InChI=1S/C24H29ClN2O5/c25-21-17-19(22-8-10-24(29)27-26-22)5-9-23(21)32-15-2-13-30-16-11-18-3-6-20(7-4-18)31-14-1-12-28/h3-7,9,17,28H,1-2,8,10-16H2,(H,27,29). The van der Waals surface area contributed by atoms with E-state index < -0.39 is 0 Å². The van der Waals surface area contributed by atoms with Crippen molar-refractivity contribution in [3.05, 3.63) is 58.6 Å². The number of amides is 1. The second kappa shape index (κ2) is 13.1. The molecule has 0 unspecified atom stereocenters. The van der Waals surface area contributed by atoms with Crippen LogP contribution < -0.4 is 14.9 Å². The van der Waals surface area contributed by atoms with E-state index in [2.05, 4.69) is 10.5 Å². The molecule has 0 atom stereocenters. The predicted molar refractivity (Wildman–Crippen MR) is 124 cm³/mol. The molecule has 8 heteroatoms. The Balaban J connectivity index is 1.30. The van der Waals surface area contributed by atoms with Gasteiger partial charge in [-0.1, -0.05) is 23.7 Å². The maximum atomic E-state index is 11.2. The van der Waals surface area contributed by atoms with Crippen LogP contribution in [0.1, 0.15) is 36.8 Å². The molecular formula is C24H29ClN2O5. The lowest BCUT2D eigenvalue weighted by atomic mass is 10.0. The van der Waals surface area contributed by atoms with Crippen LogP contribution in [-0.2, 0) is 16.0 Å². The minimum atomic E-state index is -0.0696. The van der Waals surface area contributed by atoms with Gasteiger partial charge in [0.25, 0.3) is 0 Å². The zero-order valence-corrected chi connectivity index (χ0v) is 18.8. The highest BCUT2D eigenvalue weighted by molar-refractivity contribution is 6.32. The van der Waals surface area contributed by atoms with Gasteiger partial charge in [0.1, 0.15) is 11.5 Å². The highest BCUT2D eigenvalue weighted by Gasteiger charge is 2.14. The van der Waals surface area contributed by atoms with Gasteiger partial charge in [0, 0.05) is 38.9 Å². The molecule has 0 bridgehead atoms. The number of ether oxygens (including phenoxy) is 3. The van der Waals surface area contributed by atoms with Crippen molar-refractivity contribution in [1.29, 1.82) is 0 Å². The summed E-state index contributed by atoms with van der Waals surface area (Å²) in [6, 6.07) is 13.5. The fraction of sp³-hybridized carbons (Fsp3) is 0.417. The van der Waals surface area contributed by atoms with Crippen LogP contribution in [0.25, 0.3) is 0 Å². The number of benzene rings is 2. The summed E-state index contributed by atoms with van der Waals surface area (Å²) in [5.74, 6) is 1.36. The SMILES string of the molecule is O=C1CCC(c2ccc(OCCCOCCc3ccc(OCCCO)cc3)c(Cl)c2)=NN1. The number of nitrogens with one attached hydrogen (secondary N) is 1. The molecule has 3 rings (SSSR count). The van der Waals surface area contributed by atoms with Crippen molar-refractivity contribution in [2.24, 2.45) is 5.10 Å². The van der Waals surface area contributed by atoms with E-state index in [9.17, 15) is 4.79 Å². The van der Waals surface area contributed by atoms with E-state index in [-0.39, 0.29) is 12.5 Å². The van der Waals surface area contributed by atoms with Gasteiger partial charge >= 0.3 is 0 Å². The summed E-state index contributed by atoms with van der Waals surface area (Å²) in [6.07, 6.45) is 3.25. The number of hydrogen-bond acceptors (Lipinski definition) is 6. The van der Waals surface area contributed by atoms with E-state index in [0.717, 1.165) is 29.9 Å². The van der Waals surface area contributed by atoms with Crippen LogP contribution in [0, 0.1) is 0 Å². The fourth-order valence-corrected chi connectivity index (χ4v) is 3.36. The van der Waals surface area contributed by atoms with E-state index in [0.29, 0.717) is 56.5 Å². The third kappa shape index (κ3) is 7.82. The first-order valence-electron chi connectivity index (χ1n) is 10.8. The van der Waals surface area contributed by atoms with Crippen molar-refractivity contribution in [1.82, 2.24) is 5.43 Å². The predicted octanol–water partition coefficient (Wildman–Crippen LogP) is 3.74. The van der Waals surface area contributed by atoms with Crippen LogP contribution in [0.5, 0.6) is 11.5 Å². The minimum absolute atomic E-state index is 0.0696. The minimum Gasteiger partial charge on any atom is -0.494 e. The topological polar surface area (TPSA) is 89.4 Å². The Morgan fingerprint density at radius 3 is 2.50 bits per heavy atom. The third-order valence-corrected chi connectivity index (χ3v) is 5.19. The molecule has 1 heterocycles. The van der Waals surface area contributed by atoms with Crippen LogP contribution in [0.15, 0.2) is 47.6 Å². The lowest BCUT2D eigenvalue weighted by molar-refractivity contribution is -0.121. The van der Waals surface area contributed by atoms with Crippen molar-refractivity contribution >= 4 is 23.2 Å². The van der Waals surface area contributed by atoms with E-state index >= 15 is 0 Å². The maximum Gasteiger partial charge on any atom is 0.240 e. The smallest absolute Gasteiger partial charge is 0.240 e. The number of rotatable bonds is 13. The van der Waals surface area contributed by atoms with E-state index in [4.69, 9.17) is 30.9 Å². The Morgan fingerprint density at radius 1 is 0.969 bits per heavy atom. The first-order chi connectivity index (χ1) is 15.7. The average molecular weight is 461 g/mol. The zero-order valence-electron chi connectivity index (χ0n) is 18.0. The third-order valence-electron chi connectivity index (χ3n) is 4.89. The summed E-state index contributed by atoms with van der Waals surface area (Å²) in [4.78, 5) is 11.2. The first-order valence-corrected chi connectivity index (χ1v) is 11.2. The van der Waals surface area contributed by atoms with Gasteiger partial charge in [0.15, 0.2) is 0 Å². The van der Waals surface area contributed by atoms with E-state index in [1.807, 2.05) is 42.5 Å². The molecule has 32 heavy (non-hydrogen) atoms. The molecule has 1 amide bonds. The molecule has 0 saturated carbocycles. The summed E-state index contributed by atoms with van der Waals surface area (Å²) in [5, 5.41) is 13.4. The average Bonchev–Trinajstić information content (AvgIpc) is 2.81. The van der Waals surface area contributed by atoms with Crippen LogP contribution in [-0.4, -0.2) is 49.8 Å². The Morgan fingerprint density at radius 2 is 1.78 bits per heavy atom. The van der Waals surface area contributed by atoms with Crippen molar-refractivity contribution in [2.45, 2.75) is 32.1 Å². The Bertz CT molecular complexity index is 902. The normalized spacial score (nSPS) is 13.4. The van der Waals surface area contributed by atoms with Crippen LogP contribution in [0.4, 0.5) is 0 Å². The molecule has 2 aromatic rings. The highest BCUT2D eigenvalue weighted by atomic mass is 35.5. The van der Waals surface area contributed by atoms with Crippen LogP contribution in [0.3, 0.4) is 0 Å².